The normalized spacial score (nSPS) is 20.4. The van der Waals surface area contributed by atoms with Gasteiger partial charge in [-0.1, -0.05) is 25.8 Å². The Hall–Kier alpha value is -1.76. The number of hydrogen-bond acceptors (Lipinski definition) is 3. The molecule has 0 bridgehead atoms. The zero-order chi connectivity index (χ0) is 20.2. The van der Waals surface area contributed by atoms with Crippen LogP contribution in [0.1, 0.15) is 44.6 Å². The van der Waals surface area contributed by atoms with E-state index in [0.29, 0.717) is 25.3 Å². The van der Waals surface area contributed by atoms with Gasteiger partial charge in [-0.25, -0.2) is 0 Å². The van der Waals surface area contributed by atoms with Crippen molar-refractivity contribution in [1.82, 2.24) is 10.2 Å². The quantitative estimate of drug-likeness (QED) is 0.740. The number of benzene rings is 1. The van der Waals surface area contributed by atoms with E-state index in [1.165, 1.54) is 12.1 Å². The predicted molar refractivity (Wildman–Crippen MR) is 104 cm³/mol. The molecule has 0 atom stereocenters. The lowest BCUT2D eigenvalue weighted by Crippen LogP contribution is -2.47. The predicted octanol–water partition coefficient (Wildman–Crippen LogP) is 3.91. The Bertz CT molecular complexity index is 663. The second-order valence-electron chi connectivity index (χ2n) is 8.25. The van der Waals surface area contributed by atoms with Gasteiger partial charge in [0.1, 0.15) is 0 Å². The van der Waals surface area contributed by atoms with Crippen LogP contribution in [0.4, 0.5) is 18.9 Å². The van der Waals surface area contributed by atoms with Crippen molar-refractivity contribution in [2.75, 3.05) is 44.2 Å². The molecule has 1 aliphatic heterocycles. The van der Waals surface area contributed by atoms with Gasteiger partial charge in [-0.3, -0.25) is 9.69 Å². The summed E-state index contributed by atoms with van der Waals surface area (Å²) in [6, 6.07) is 5.55. The van der Waals surface area contributed by atoms with E-state index < -0.39 is 11.7 Å². The molecular weight excluding hydrogens is 367 g/mol. The third-order valence-corrected chi connectivity index (χ3v) is 6.10. The Morgan fingerprint density at radius 1 is 1.14 bits per heavy atom. The Morgan fingerprint density at radius 2 is 1.82 bits per heavy atom. The fraction of sp³-hybridized carbons (Fsp3) is 0.667. The van der Waals surface area contributed by atoms with Crippen molar-refractivity contribution in [2.24, 2.45) is 5.41 Å². The van der Waals surface area contributed by atoms with Crippen LogP contribution >= 0.6 is 0 Å². The Balaban J connectivity index is 1.38. The van der Waals surface area contributed by atoms with Gasteiger partial charge in [-0.2, -0.15) is 13.2 Å². The molecule has 4 nitrogen and oxygen atoms in total. The molecule has 1 saturated heterocycles. The molecule has 0 unspecified atom stereocenters. The monoisotopic (exact) mass is 397 g/mol. The average molecular weight is 397 g/mol. The first-order valence-electron chi connectivity index (χ1n) is 10.2. The van der Waals surface area contributed by atoms with Crippen molar-refractivity contribution in [3.05, 3.63) is 29.8 Å². The number of carbonyl (C=O) groups is 1. The number of amides is 1. The maximum Gasteiger partial charge on any atom is 0.416 e. The van der Waals surface area contributed by atoms with Crippen LogP contribution in [0, 0.1) is 5.41 Å². The van der Waals surface area contributed by atoms with Gasteiger partial charge in [0.15, 0.2) is 0 Å². The summed E-state index contributed by atoms with van der Waals surface area (Å²) in [5.41, 5.74) is -0.151. The van der Waals surface area contributed by atoms with E-state index in [1.54, 1.807) is 6.07 Å². The number of anilines is 1. The van der Waals surface area contributed by atoms with Crippen molar-refractivity contribution >= 4 is 11.6 Å². The fourth-order valence-corrected chi connectivity index (χ4v) is 4.21. The SMILES string of the molecule is CC1(C(=O)NCCCN2CCN(c3cccc(C(F)(F)F)c3)CC2)CCCC1. The fourth-order valence-electron chi connectivity index (χ4n) is 4.21. The van der Waals surface area contributed by atoms with E-state index in [1.807, 2.05) is 4.90 Å². The maximum atomic E-state index is 12.9. The van der Waals surface area contributed by atoms with Crippen molar-refractivity contribution < 1.29 is 18.0 Å². The van der Waals surface area contributed by atoms with Crippen LogP contribution < -0.4 is 10.2 Å². The summed E-state index contributed by atoms with van der Waals surface area (Å²) >= 11 is 0. The van der Waals surface area contributed by atoms with E-state index in [-0.39, 0.29) is 11.3 Å². The highest BCUT2D eigenvalue weighted by Crippen LogP contribution is 2.37. The molecule has 2 fully saturated rings. The van der Waals surface area contributed by atoms with Crippen LogP contribution in [-0.4, -0.2) is 50.1 Å². The molecule has 1 aromatic carbocycles. The molecule has 0 aromatic heterocycles. The summed E-state index contributed by atoms with van der Waals surface area (Å²) in [4.78, 5) is 16.6. The van der Waals surface area contributed by atoms with E-state index in [9.17, 15) is 18.0 Å². The molecule has 1 aromatic rings. The summed E-state index contributed by atoms with van der Waals surface area (Å²) in [6.07, 6.45) is 0.829. The number of hydrogen-bond donors (Lipinski definition) is 1. The first-order chi connectivity index (χ1) is 13.3. The molecule has 1 aliphatic carbocycles. The number of nitrogens with zero attached hydrogens (tertiary/aromatic N) is 2. The minimum absolute atomic E-state index is 0.180. The molecule has 156 valence electrons. The molecule has 1 amide bonds. The lowest BCUT2D eigenvalue weighted by molar-refractivity contribution is -0.137. The molecule has 1 heterocycles. The molecule has 28 heavy (non-hydrogen) atoms. The van der Waals surface area contributed by atoms with Crippen LogP contribution in [0.25, 0.3) is 0 Å². The van der Waals surface area contributed by atoms with Crippen molar-refractivity contribution in [3.63, 3.8) is 0 Å². The van der Waals surface area contributed by atoms with E-state index in [0.717, 1.165) is 57.8 Å². The minimum Gasteiger partial charge on any atom is -0.369 e. The lowest BCUT2D eigenvalue weighted by atomic mass is 9.88. The number of carbonyl (C=O) groups excluding carboxylic acids is 1. The molecule has 0 radical (unpaired) electrons. The second-order valence-corrected chi connectivity index (χ2v) is 8.25. The van der Waals surface area contributed by atoms with Crippen molar-refractivity contribution in [2.45, 2.75) is 45.2 Å². The van der Waals surface area contributed by atoms with Gasteiger partial charge in [0.25, 0.3) is 0 Å². The zero-order valence-electron chi connectivity index (χ0n) is 16.5. The summed E-state index contributed by atoms with van der Waals surface area (Å²) in [7, 11) is 0. The minimum atomic E-state index is -4.31. The highest BCUT2D eigenvalue weighted by molar-refractivity contribution is 5.82. The highest BCUT2D eigenvalue weighted by Gasteiger charge is 2.35. The molecular formula is C21H30F3N3O. The summed E-state index contributed by atoms with van der Waals surface area (Å²) < 4.78 is 38.7. The molecule has 1 N–H and O–H groups in total. The average Bonchev–Trinajstić information content (AvgIpc) is 3.13. The van der Waals surface area contributed by atoms with Gasteiger partial charge in [-0.15, -0.1) is 0 Å². The maximum absolute atomic E-state index is 12.9. The Labute approximate surface area is 165 Å². The van der Waals surface area contributed by atoms with Crippen LogP contribution in [0.15, 0.2) is 24.3 Å². The molecule has 7 heteroatoms. The number of piperazine rings is 1. The molecule has 2 aliphatic rings. The third-order valence-electron chi connectivity index (χ3n) is 6.10. The highest BCUT2D eigenvalue weighted by atomic mass is 19.4. The van der Waals surface area contributed by atoms with Crippen LogP contribution in [0.2, 0.25) is 0 Å². The third kappa shape index (κ3) is 5.19. The van der Waals surface area contributed by atoms with E-state index in [4.69, 9.17) is 0 Å². The summed E-state index contributed by atoms with van der Waals surface area (Å²) in [5.74, 6) is 0.180. The summed E-state index contributed by atoms with van der Waals surface area (Å²) in [5, 5.41) is 3.08. The van der Waals surface area contributed by atoms with Gasteiger partial charge >= 0.3 is 6.18 Å². The van der Waals surface area contributed by atoms with Crippen molar-refractivity contribution in [1.29, 1.82) is 0 Å². The molecule has 3 rings (SSSR count). The number of rotatable bonds is 6. The lowest BCUT2D eigenvalue weighted by Gasteiger charge is -2.36. The molecule has 1 saturated carbocycles. The van der Waals surface area contributed by atoms with Gasteiger partial charge in [0.2, 0.25) is 5.91 Å². The van der Waals surface area contributed by atoms with Crippen LogP contribution in [-0.2, 0) is 11.0 Å². The first-order valence-corrected chi connectivity index (χ1v) is 10.2. The number of nitrogens with one attached hydrogen (secondary N) is 1. The van der Waals surface area contributed by atoms with Gasteiger partial charge < -0.3 is 10.2 Å². The van der Waals surface area contributed by atoms with Gasteiger partial charge in [-0.05, 0) is 44.0 Å². The van der Waals surface area contributed by atoms with E-state index >= 15 is 0 Å². The zero-order valence-corrected chi connectivity index (χ0v) is 16.5. The van der Waals surface area contributed by atoms with Gasteiger partial charge in [0, 0.05) is 43.8 Å². The number of alkyl halides is 3. The van der Waals surface area contributed by atoms with Crippen LogP contribution in [0.5, 0.6) is 0 Å². The second kappa shape index (κ2) is 8.72. The Kier molecular flexibility index (Phi) is 6.53. The largest absolute Gasteiger partial charge is 0.416 e. The van der Waals surface area contributed by atoms with E-state index in [2.05, 4.69) is 17.1 Å². The Morgan fingerprint density at radius 3 is 2.46 bits per heavy atom. The van der Waals surface area contributed by atoms with Crippen molar-refractivity contribution in [3.8, 4) is 0 Å². The standard InChI is InChI=1S/C21H30F3N3O/c1-20(8-2-3-9-20)19(28)25-10-5-11-26-12-14-27(15-13-26)18-7-4-6-17(16-18)21(22,23)24/h4,6-7,16H,2-3,5,8-15H2,1H3,(H,25,28). The molecule has 0 spiro atoms. The number of halogens is 3. The first kappa shape index (κ1) is 21.0. The van der Waals surface area contributed by atoms with Crippen LogP contribution in [0.3, 0.4) is 0 Å². The summed E-state index contributed by atoms with van der Waals surface area (Å²) in [6.45, 7) is 6.71. The van der Waals surface area contributed by atoms with Gasteiger partial charge in [0.05, 0.1) is 5.56 Å². The topological polar surface area (TPSA) is 35.6 Å². The smallest absolute Gasteiger partial charge is 0.369 e.